The Hall–Kier alpha value is -0.580. The van der Waals surface area contributed by atoms with E-state index in [1.54, 1.807) is 7.11 Å². The normalized spacial score (nSPS) is 13.9. The summed E-state index contributed by atoms with van der Waals surface area (Å²) in [6.45, 7) is 1.45. The van der Waals surface area contributed by atoms with Gasteiger partial charge >= 0.3 is 0 Å². The van der Waals surface area contributed by atoms with Crippen molar-refractivity contribution >= 4 is 15.9 Å². The molecule has 1 N–H and O–H groups in total. The lowest BCUT2D eigenvalue weighted by Gasteiger charge is -2.08. The molecule has 4 heteroatoms. The minimum Gasteiger partial charge on any atom is -0.493 e. The molecule has 0 spiro atoms. The summed E-state index contributed by atoms with van der Waals surface area (Å²) in [5.74, 6) is 1.01. The van der Waals surface area contributed by atoms with Gasteiger partial charge in [0.15, 0.2) is 0 Å². The monoisotopic (exact) mass is 257 g/mol. The Morgan fingerprint density at radius 3 is 3.21 bits per heavy atom. The van der Waals surface area contributed by atoms with Crippen LogP contribution < -0.4 is 10.2 Å². The Labute approximate surface area is 91.5 Å². The van der Waals surface area contributed by atoms with Gasteiger partial charge in [0.25, 0.3) is 0 Å². The van der Waals surface area contributed by atoms with Gasteiger partial charge in [-0.25, -0.2) is 0 Å². The van der Waals surface area contributed by atoms with E-state index in [2.05, 4.69) is 33.5 Å². The summed E-state index contributed by atoms with van der Waals surface area (Å²) < 4.78 is 6.66. The fourth-order valence-electron chi connectivity index (χ4n) is 1.63. The number of halogens is 1. The van der Waals surface area contributed by atoms with Gasteiger partial charge in [0.1, 0.15) is 5.75 Å². The molecule has 3 nitrogen and oxygen atoms in total. The Balaban J connectivity index is 2.29. The lowest BCUT2D eigenvalue weighted by molar-refractivity contribution is 0.0861. The van der Waals surface area contributed by atoms with Gasteiger partial charge in [0.2, 0.25) is 0 Å². The molecule has 1 aromatic rings. The van der Waals surface area contributed by atoms with Crippen molar-refractivity contribution in [1.82, 2.24) is 5.48 Å². The number of rotatable bonds is 3. The van der Waals surface area contributed by atoms with Crippen LogP contribution in [0, 0.1) is 0 Å². The van der Waals surface area contributed by atoms with Crippen molar-refractivity contribution < 1.29 is 9.57 Å². The van der Waals surface area contributed by atoms with Gasteiger partial charge in [0.05, 0.1) is 13.7 Å². The minimum atomic E-state index is 0.665. The van der Waals surface area contributed by atoms with E-state index >= 15 is 0 Å². The Morgan fingerprint density at radius 2 is 2.43 bits per heavy atom. The highest BCUT2D eigenvalue weighted by atomic mass is 79.9. The van der Waals surface area contributed by atoms with Crippen molar-refractivity contribution in [1.29, 1.82) is 0 Å². The zero-order chi connectivity index (χ0) is 9.97. The summed E-state index contributed by atoms with van der Waals surface area (Å²) >= 11 is 3.48. The van der Waals surface area contributed by atoms with Gasteiger partial charge in [-0.05, 0) is 17.7 Å². The predicted molar refractivity (Wildman–Crippen MR) is 57.2 cm³/mol. The molecule has 76 valence electrons. The van der Waals surface area contributed by atoms with Crippen LogP contribution in [0.5, 0.6) is 5.75 Å². The molecule has 14 heavy (non-hydrogen) atoms. The Bertz CT molecular complexity index is 341. The molecule has 0 saturated heterocycles. The number of hydrogen-bond acceptors (Lipinski definition) is 3. The molecule has 0 amide bonds. The molecule has 0 bridgehead atoms. The molecular formula is C10H12BrNO2. The van der Waals surface area contributed by atoms with Gasteiger partial charge < -0.3 is 9.57 Å². The number of hydrogen-bond donors (Lipinski definition) is 1. The van der Waals surface area contributed by atoms with E-state index < -0.39 is 0 Å². The van der Waals surface area contributed by atoms with Gasteiger partial charge in [-0.15, -0.1) is 0 Å². The first-order valence-corrected chi connectivity index (χ1v) is 5.30. The maximum absolute atomic E-state index is 5.57. The van der Waals surface area contributed by atoms with Crippen molar-refractivity contribution in [3.05, 3.63) is 27.7 Å². The molecule has 0 unspecified atom stereocenters. The third-order valence-electron chi connectivity index (χ3n) is 2.23. The molecule has 0 saturated carbocycles. The van der Waals surface area contributed by atoms with E-state index in [9.17, 15) is 0 Å². The predicted octanol–water partition coefficient (Wildman–Crippen LogP) is 2.04. The highest BCUT2D eigenvalue weighted by Gasteiger charge is 2.16. The smallest absolute Gasteiger partial charge is 0.127 e. The maximum atomic E-state index is 5.57. The lowest BCUT2D eigenvalue weighted by atomic mass is 10.1. The first kappa shape index (κ1) is 9.96. The molecule has 1 aliphatic rings. The number of nitrogens with one attached hydrogen (secondary N) is 1. The number of fused-ring (bicyclic) bond motifs is 1. The summed E-state index contributed by atoms with van der Waals surface area (Å²) in [6.07, 6.45) is 0.995. The molecule has 0 radical (unpaired) electrons. The second-order valence-electron chi connectivity index (χ2n) is 3.18. The van der Waals surface area contributed by atoms with Crippen LogP contribution in [-0.4, -0.2) is 13.7 Å². The summed E-state index contributed by atoms with van der Waals surface area (Å²) in [5.41, 5.74) is 5.22. The molecule has 0 atom stereocenters. The van der Waals surface area contributed by atoms with Crippen molar-refractivity contribution in [2.45, 2.75) is 13.0 Å². The third-order valence-corrected chi connectivity index (χ3v) is 2.69. The van der Waals surface area contributed by atoms with E-state index in [1.165, 1.54) is 5.56 Å². The second-order valence-corrected chi connectivity index (χ2v) is 4.09. The van der Waals surface area contributed by atoms with Crippen LogP contribution in [0.2, 0.25) is 0 Å². The summed E-state index contributed by atoms with van der Waals surface area (Å²) in [5, 5.41) is 0. The first-order chi connectivity index (χ1) is 6.81. The van der Waals surface area contributed by atoms with E-state index in [1.807, 2.05) is 0 Å². The highest BCUT2D eigenvalue weighted by Crippen LogP contribution is 2.32. The van der Waals surface area contributed by atoms with Crippen LogP contribution in [0.1, 0.15) is 11.1 Å². The fraction of sp³-hybridized carbons (Fsp3) is 0.400. The van der Waals surface area contributed by atoms with Crippen LogP contribution in [0.15, 0.2) is 16.6 Å². The molecule has 0 fully saturated rings. The fourth-order valence-corrected chi connectivity index (χ4v) is 2.18. The standard InChI is InChI=1S/C10H12BrNO2/c1-13-12-6-8-5-9(11)4-7-2-3-14-10(7)8/h4-5,12H,2-3,6H2,1H3. The summed E-state index contributed by atoms with van der Waals surface area (Å²) in [4.78, 5) is 4.82. The molecule has 1 aromatic carbocycles. The van der Waals surface area contributed by atoms with E-state index in [-0.39, 0.29) is 0 Å². The quantitative estimate of drug-likeness (QED) is 0.841. The Morgan fingerprint density at radius 1 is 1.57 bits per heavy atom. The van der Waals surface area contributed by atoms with E-state index in [4.69, 9.17) is 9.57 Å². The van der Waals surface area contributed by atoms with Crippen LogP contribution in [-0.2, 0) is 17.8 Å². The van der Waals surface area contributed by atoms with Crippen molar-refractivity contribution in [3.8, 4) is 5.75 Å². The zero-order valence-electron chi connectivity index (χ0n) is 7.97. The minimum absolute atomic E-state index is 0.665. The first-order valence-electron chi connectivity index (χ1n) is 4.51. The average molecular weight is 258 g/mol. The molecule has 0 aromatic heterocycles. The number of ether oxygens (including phenoxy) is 1. The largest absolute Gasteiger partial charge is 0.493 e. The van der Waals surface area contributed by atoms with Crippen LogP contribution in [0.4, 0.5) is 0 Å². The van der Waals surface area contributed by atoms with Crippen LogP contribution in [0.3, 0.4) is 0 Å². The van der Waals surface area contributed by atoms with Gasteiger partial charge in [0, 0.05) is 23.0 Å². The zero-order valence-corrected chi connectivity index (χ0v) is 9.56. The molecule has 1 aliphatic heterocycles. The lowest BCUT2D eigenvalue weighted by Crippen LogP contribution is -2.11. The van der Waals surface area contributed by atoms with E-state index in [0.717, 1.165) is 28.8 Å². The number of benzene rings is 1. The summed E-state index contributed by atoms with van der Waals surface area (Å²) in [6, 6.07) is 4.16. The van der Waals surface area contributed by atoms with Crippen molar-refractivity contribution in [3.63, 3.8) is 0 Å². The molecular weight excluding hydrogens is 246 g/mol. The topological polar surface area (TPSA) is 30.5 Å². The molecule has 0 aliphatic carbocycles. The van der Waals surface area contributed by atoms with Gasteiger partial charge in [-0.1, -0.05) is 15.9 Å². The number of hydroxylamine groups is 1. The van der Waals surface area contributed by atoms with Crippen LogP contribution >= 0.6 is 15.9 Å². The van der Waals surface area contributed by atoms with Crippen molar-refractivity contribution in [2.75, 3.05) is 13.7 Å². The molecule has 2 rings (SSSR count). The van der Waals surface area contributed by atoms with Gasteiger partial charge in [-0.3, -0.25) is 0 Å². The summed E-state index contributed by atoms with van der Waals surface area (Å²) in [7, 11) is 1.61. The maximum Gasteiger partial charge on any atom is 0.127 e. The SMILES string of the molecule is CONCc1cc(Br)cc2c1OCC2. The van der Waals surface area contributed by atoms with Crippen LogP contribution in [0.25, 0.3) is 0 Å². The van der Waals surface area contributed by atoms with E-state index in [0.29, 0.717) is 6.54 Å². The van der Waals surface area contributed by atoms with Gasteiger partial charge in [-0.2, -0.15) is 5.48 Å². The molecule has 1 heterocycles. The average Bonchev–Trinajstić information content (AvgIpc) is 2.61. The highest BCUT2D eigenvalue weighted by molar-refractivity contribution is 9.10. The Kier molecular flexibility index (Phi) is 3.05. The van der Waals surface area contributed by atoms with Crippen molar-refractivity contribution in [2.24, 2.45) is 0 Å². The second kappa shape index (κ2) is 4.29. The third kappa shape index (κ3) is 1.92.